The number of hydrogen-bond donors (Lipinski definition) is 0. The first-order valence-electron chi connectivity index (χ1n) is 12.9. The first-order valence-corrected chi connectivity index (χ1v) is 12.9. The first kappa shape index (κ1) is 21.6. The van der Waals surface area contributed by atoms with Crippen molar-refractivity contribution in [3.63, 3.8) is 0 Å². The molecule has 1 nitrogen and oxygen atoms in total. The van der Waals surface area contributed by atoms with Gasteiger partial charge in [0.25, 0.3) is 0 Å². The van der Waals surface area contributed by atoms with Crippen molar-refractivity contribution < 1.29 is 4.79 Å². The maximum atomic E-state index is 12.1. The number of allylic oxidation sites excluding steroid dienone is 1. The lowest BCUT2D eigenvalue weighted by molar-refractivity contribution is -0.140. The number of carbonyl (C=O) groups is 1. The van der Waals surface area contributed by atoms with Crippen LogP contribution in [0.4, 0.5) is 0 Å². The Morgan fingerprint density at radius 3 is 2.45 bits per heavy atom. The second-order valence-corrected chi connectivity index (χ2v) is 12.5. The van der Waals surface area contributed by atoms with E-state index >= 15 is 0 Å². The van der Waals surface area contributed by atoms with E-state index < -0.39 is 0 Å². The number of carbonyl (C=O) groups excluding carboxylic acids is 1. The summed E-state index contributed by atoms with van der Waals surface area (Å²) in [5.41, 5.74) is 2.46. The maximum absolute atomic E-state index is 12.1. The monoisotopic (exact) mass is 398 g/mol. The Balaban J connectivity index is 1.47. The lowest BCUT2D eigenvalue weighted by atomic mass is 9.44. The van der Waals surface area contributed by atoms with Crippen LogP contribution in [0.15, 0.2) is 12.2 Å². The number of rotatable bonds is 5. The summed E-state index contributed by atoms with van der Waals surface area (Å²) in [6.45, 7) is 16.7. The van der Waals surface area contributed by atoms with E-state index in [0.29, 0.717) is 28.4 Å². The van der Waals surface area contributed by atoms with E-state index in [9.17, 15) is 4.79 Å². The molecule has 4 aliphatic rings. The fourth-order valence-corrected chi connectivity index (χ4v) is 8.92. The van der Waals surface area contributed by atoms with Gasteiger partial charge in [-0.1, -0.05) is 46.8 Å². The van der Waals surface area contributed by atoms with Crippen LogP contribution < -0.4 is 0 Å². The predicted molar refractivity (Wildman–Crippen MR) is 123 cm³/mol. The van der Waals surface area contributed by atoms with E-state index in [-0.39, 0.29) is 0 Å². The van der Waals surface area contributed by atoms with Gasteiger partial charge in [-0.05, 0) is 110 Å². The van der Waals surface area contributed by atoms with Crippen LogP contribution >= 0.6 is 0 Å². The summed E-state index contributed by atoms with van der Waals surface area (Å²) in [7, 11) is 0. The van der Waals surface area contributed by atoms with Gasteiger partial charge in [-0.15, -0.1) is 0 Å². The normalized spacial score (nSPS) is 45.4. The summed E-state index contributed by atoms with van der Waals surface area (Å²) in [6, 6.07) is 0. The quantitative estimate of drug-likeness (QED) is 0.431. The van der Waals surface area contributed by atoms with Gasteiger partial charge < -0.3 is 0 Å². The highest BCUT2D eigenvalue weighted by molar-refractivity contribution is 5.79. The van der Waals surface area contributed by atoms with Crippen LogP contribution in [0.2, 0.25) is 0 Å². The van der Waals surface area contributed by atoms with E-state index in [2.05, 4.69) is 41.2 Å². The summed E-state index contributed by atoms with van der Waals surface area (Å²) in [4.78, 5) is 12.1. The molecule has 0 N–H and O–H groups in total. The van der Waals surface area contributed by atoms with Crippen molar-refractivity contribution in [2.45, 2.75) is 105 Å². The molecule has 0 radical (unpaired) electrons. The highest BCUT2D eigenvalue weighted by Gasteiger charge is 2.60. The molecule has 164 valence electrons. The summed E-state index contributed by atoms with van der Waals surface area (Å²) >= 11 is 0. The van der Waals surface area contributed by atoms with E-state index in [1.54, 1.807) is 0 Å². The molecule has 0 amide bonds. The lowest BCUT2D eigenvalue weighted by Gasteiger charge is -2.60. The Hall–Kier alpha value is -0.590. The molecule has 0 unspecified atom stereocenters. The first-order chi connectivity index (χ1) is 13.7. The number of ketones is 1. The van der Waals surface area contributed by atoms with Crippen molar-refractivity contribution in [3.8, 4) is 0 Å². The van der Waals surface area contributed by atoms with Gasteiger partial charge in [0.05, 0.1) is 0 Å². The molecule has 4 fully saturated rings. The van der Waals surface area contributed by atoms with Crippen molar-refractivity contribution in [2.24, 2.45) is 52.3 Å². The molecule has 0 spiro atoms. The molecular weight excluding hydrogens is 352 g/mol. The van der Waals surface area contributed by atoms with Crippen LogP contribution in [-0.2, 0) is 4.79 Å². The molecule has 4 saturated carbocycles. The van der Waals surface area contributed by atoms with Gasteiger partial charge >= 0.3 is 0 Å². The third-order valence-electron chi connectivity index (χ3n) is 11.0. The third kappa shape index (κ3) is 3.57. The van der Waals surface area contributed by atoms with Gasteiger partial charge in [-0.3, -0.25) is 4.79 Å². The van der Waals surface area contributed by atoms with E-state index in [4.69, 9.17) is 0 Å². The molecule has 29 heavy (non-hydrogen) atoms. The summed E-state index contributed by atoms with van der Waals surface area (Å²) in [6.07, 6.45) is 14.0. The average molecular weight is 399 g/mol. The highest BCUT2D eigenvalue weighted by Crippen LogP contribution is 2.68. The molecule has 0 aliphatic heterocycles. The minimum absolute atomic E-state index is 0.455. The van der Waals surface area contributed by atoms with Crippen LogP contribution in [0.5, 0.6) is 0 Å². The Bertz CT molecular complexity index is 647. The molecule has 0 heterocycles. The van der Waals surface area contributed by atoms with Crippen molar-refractivity contribution in [3.05, 3.63) is 12.2 Å². The van der Waals surface area contributed by atoms with Gasteiger partial charge in [-0.25, -0.2) is 0 Å². The number of Topliss-reactive ketones (excluding diaryl/α,β-unsaturated/α-hetero) is 1. The highest BCUT2D eigenvalue weighted by atomic mass is 16.1. The molecule has 0 saturated heterocycles. The van der Waals surface area contributed by atoms with Crippen molar-refractivity contribution in [2.75, 3.05) is 0 Å². The van der Waals surface area contributed by atoms with E-state index in [0.717, 1.165) is 42.4 Å². The SMILES string of the molecule is C=C(CC[C@@H](C)[C@H]1CC[C@H]2[C@@H]3CC[C@H]4CC(=O)CC[C@]4(C)[C@H]3CC[C@]12C)C(C)C. The summed E-state index contributed by atoms with van der Waals surface area (Å²) in [5.74, 6) is 6.37. The summed E-state index contributed by atoms with van der Waals surface area (Å²) < 4.78 is 0. The molecule has 0 bridgehead atoms. The van der Waals surface area contributed by atoms with Gasteiger partial charge in [0, 0.05) is 12.8 Å². The van der Waals surface area contributed by atoms with Crippen LogP contribution in [-0.4, -0.2) is 5.78 Å². The maximum Gasteiger partial charge on any atom is 0.133 e. The van der Waals surface area contributed by atoms with Crippen LogP contribution in [0.25, 0.3) is 0 Å². The molecule has 0 aromatic heterocycles. The molecule has 4 rings (SSSR count). The second kappa shape index (κ2) is 7.83. The average Bonchev–Trinajstić information content (AvgIpc) is 3.03. The van der Waals surface area contributed by atoms with Crippen LogP contribution in [0.1, 0.15) is 105 Å². The standard InChI is InChI=1S/C28H46O/c1-18(2)19(3)7-8-20(4)24-11-12-25-23-10-9-21-17-22(29)13-15-27(21,5)26(23)14-16-28(24,25)6/h18,20-21,23-26H,3,7-17H2,1-2,4-6H3/t20-,21+,23+,24-,25+,26+,27+,28-/m1/s1. The molecule has 0 aromatic carbocycles. The van der Waals surface area contributed by atoms with E-state index in [1.165, 1.54) is 63.4 Å². The Morgan fingerprint density at radius 1 is 1.00 bits per heavy atom. The van der Waals surface area contributed by atoms with Crippen molar-refractivity contribution in [1.29, 1.82) is 0 Å². The Morgan fingerprint density at radius 2 is 1.72 bits per heavy atom. The van der Waals surface area contributed by atoms with Crippen molar-refractivity contribution in [1.82, 2.24) is 0 Å². The fraction of sp³-hybridized carbons (Fsp3) is 0.893. The summed E-state index contributed by atoms with van der Waals surface area (Å²) in [5, 5.41) is 0. The lowest BCUT2D eigenvalue weighted by Crippen LogP contribution is -2.53. The number of fused-ring (bicyclic) bond motifs is 5. The zero-order chi connectivity index (χ0) is 21.0. The smallest absolute Gasteiger partial charge is 0.133 e. The zero-order valence-corrected chi connectivity index (χ0v) is 19.9. The van der Waals surface area contributed by atoms with Gasteiger partial charge in [0.2, 0.25) is 0 Å². The van der Waals surface area contributed by atoms with Crippen LogP contribution in [0.3, 0.4) is 0 Å². The van der Waals surface area contributed by atoms with Gasteiger partial charge in [-0.2, -0.15) is 0 Å². The molecule has 4 aliphatic carbocycles. The van der Waals surface area contributed by atoms with Crippen LogP contribution in [0, 0.1) is 52.3 Å². The van der Waals surface area contributed by atoms with Crippen molar-refractivity contribution >= 4 is 5.78 Å². The minimum atomic E-state index is 0.455. The van der Waals surface area contributed by atoms with Gasteiger partial charge in [0.1, 0.15) is 5.78 Å². The Labute approximate surface area is 180 Å². The topological polar surface area (TPSA) is 17.1 Å². The largest absolute Gasteiger partial charge is 0.300 e. The molecule has 1 heteroatoms. The zero-order valence-electron chi connectivity index (χ0n) is 19.9. The molecule has 8 atom stereocenters. The second-order valence-electron chi connectivity index (χ2n) is 12.5. The predicted octanol–water partition coefficient (Wildman–Crippen LogP) is 7.84. The third-order valence-corrected chi connectivity index (χ3v) is 11.0. The fourth-order valence-electron chi connectivity index (χ4n) is 8.92. The Kier molecular flexibility index (Phi) is 5.84. The number of hydrogen-bond acceptors (Lipinski definition) is 1. The minimum Gasteiger partial charge on any atom is -0.300 e. The molecular formula is C28H46O. The van der Waals surface area contributed by atoms with Gasteiger partial charge in [0.15, 0.2) is 0 Å². The van der Waals surface area contributed by atoms with E-state index in [1.807, 2.05) is 0 Å². The molecule has 0 aromatic rings.